The van der Waals surface area contributed by atoms with Gasteiger partial charge in [-0.15, -0.1) is 0 Å². The van der Waals surface area contributed by atoms with Crippen LogP contribution in [0.3, 0.4) is 0 Å². The molecule has 1 unspecified atom stereocenters. The lowest BCUT2D eigenvalue weighted by Gasteiger charge is -2.40. The van der Waals surface area contributed by atoms with Gasteiger partial charge in [-0.25, -0.2) is 15.0 Å². The molecule has 1 fully saturated rings. The van der Waals surface area contributed by atoms with Crippen LogP contribution < -0.4 is 4.90 Å². The second kappa shape index (κ2) is 8.02. The average Bonchev–Trinajstić information content (AvgIpc) is 3.09. The number of amides is 1. The molecule has 3 heterocycles. The van der Waals surface area contributed by atoms with Gasteiger partial charge in [0.25, 0.3) is 5.91 Å². The van der Waals surface area contributed by atoms with Crippen LogP contribution in [0.2, 0.25) is 0 Å². The van der Waals surface area contributed by atoms with Crippen molar-refractivity contribution in [2.45, 2.75) is 38.0 Å². The maximum atomic E-state index is 13.0. The molecular formula is C21H28N6O2. The van der Waals surface area contributed by atoms with Gasteiger partial charge in [-0.05, 0) is 32.6 Å². The van der Waals surface area contributed by atoms with Crippen LogP contribution in [0.25, 0.3) is 0 Å². The molecule has 1 atom stereocenters. The van der Waals surface area contributed by atoms with Crippen LogP contribution in [0.15, 0.2) is 18.6 Å². The molecule has 1 aliphatic heterocycles. The minimum Gasteiger partial charge on any atom is -0.383 e. The number of carbonyl (C=O) groups is 1. The van der Waals surface area contributed by atoms with Crippen molar-refractivity contribution < 1.29 is 9.53 Å². The lowest BCUT2D eigenvalue weighted by atomic mass is 9.77. The van der Waals surface area contributed by atoms with Crippen LogP contribution in [-0.2, 0) is 16.6 Å². The van der Waals surface area contributed by atoms with E-state index in [4.69, 9.17) is 14.7 Å². The summed E-state index contributed by atoms with van der Waals surface area (Å²) in [6, 6.07) is 0. The highest BCUT2D eigenvalue weighted by molar-refractivity contribution is 5.92. The molecule has 154 valence electrons. The summed E-state index contributed by atoms with van der Waals surface area (Å²) in [5, 5.41) is 0. The Balaban J connectivity index is 1.64. The molecular weight excluding hydrogens is 368 g/mol. The quantitative estimate of drug-likeness (QED) is 0.762. The van der Waals surface area contributed by atoms with Crippen molar-refractivity contribution in [1.82, 2.24) is 24.8 Å². The van der Waals surface area contributed by atoms with Gasteiger partial charge in [-0.3, -0.25) is 9.78 Å². The topological polar surface area (TPSA) is 84.3 Å². The van der Waals surface area contributed by atoms with Crippen LogP contribution in [0, 0.1) is 6.92 Å². The van der Waals surface area contributed by atoms with Crippen LogP contribution in [-0.4, -0.2) is 71.1 Å². The molecule has 0 bridgehead atoms. The molecule has 8 nitrogen and oxygen atoms in total. The molecule has 0 aromatic carbocycles. The third-order valence-electron chi connectivity index (χ3n) is 6.09. The maximum absolute atomic E-state index is 13.0. The number of hydrogen-bond donors (Lipinski definition) is 0. The summed E-state index contributed by atoms with van der Waals surface area (Å²) < 4.78 is 5.24. The smallest absolute Gasteiger partial charge is 0.274 e. The number of likely N-dealkylation sites (N-methyl/N-ethyl adjacent to an activating group) is 1. The standard InChI is InChI=1S/C21H28N6O2/c1-15-24-18-16(19(25-15)26(2)11-12-29-3)5-7-21(18)6-4-10-27(14-21)20(28)17-13-22-8-9-23-17/h8-9,13H,4-7,10-12,14H2,1-3H3. The van der Waals surface area contributed by atoms with Crippen molar-refractivity contribution in [3.8, 4) is 0 Å². The first kappa shape index (κ1) is 19.7. The number of nitrogens with zero attached hydrogens (tertiary/aromatic N) is 6. The van der Waals surface area contributed by atoms with Gasteiger partial charge in [0.1, 0.15) is 17.3 Å². The molecule has 0 saturated carbocycles. The molecule has 1 spiro atoms. The fourth-order valence-corrected chi connectivity index (χ4v) is 4.66. The Hall–Kier alpha value is -2.61. The molecule has 4 rings (SSSR count). The summed E-state index contributed by atoms with van der Waals surface area (Å²) in [7, 11) is 3.76. The highest BCUT2D eigenvalue weighted by Crippen LogP contribution is 2.46. The first-order valence-corrected chi connectivity index (χ1v) is 10.2. The summed E-state index contributed by atoms with van der Waals surface area (Å²) in [5.74, 6) is 1.73. The van der Waals surface area contributed by atoms with Crippen LogP contribution in [0.1, 0.15) is 46.8 Å². The fraction of sp³-hybridized carbons (Fsp3) is 0.571. The Morgan fingerprint density at radius 1 is 1.31 bits per heavy atom. The van der Waals surface area contributed by atoms with Crippen molar-refractivity contribution in [2.24, 2.45) is 0 Å². The van der Waals surface area contributed by atoms with Gasteiger partial charge in [-0.1, -0.05) is 0 Å². The first-order chi connectivity index (χ1) is 14.0. The second-order valence-electron chi connectivity index (χ2n) is 8.04. The predicted octanol–water partition coefficient (Wildman–Crippen LogP) is 1.78. The minimum absolute atomic E-state index is 0.0474. The van der Waals surface area contributed by atoms with Gasteiger partial charge in [0, 0.05) is 57.2 Å². The van der Waals surface area contributed by atoms with Gasteiger partial charge < -0.3 is 14.5 Å². The van der Waals surface area contributed by atoms with Crippen molar-refractivity contribution in [1.29, 1.82) is 0 Å². The van der Waals surface area contributed by atoms with E-state index >= 15 is 0 Å². The van der Waals surface area contributed by atoms with E-state index in [1.807, 2.05) is 11.8 Å². The molecule has 2 aromatic heterocycles. The molecule has 1 saturated heterocycles. The molecule has 1 amide bonds. The molecule has 8 heteroatoms. The number of hydrogen-bond acceptors (Lipinski definition) is 7. The van der Waals surface area contributed by atoms with Crippen LogP contribution in [0.5, 0.6) is 0 Å². The fourth-order valence-electron chi connectivity index (χ4n) is 4.66. The van der Waals surface area contributed by atoms with E-state index in [1.54, 1.807) is 25.7 Å². The van der Waals surface area contributed by atoms with E-state index in [1.165, 1.54) is 5.56 Å². The number of rotatable bonds is 5. The third kappa shape index (κ3) is 3.69. The zero-order valence-corrected chi connectivity index (χ0v) is 17.4. The highest BCUT2D eigenvalue weighted by atomic mass is 16.5. The van der Waals surface area contributed by atoms with E-state index in [9.17, 15) is 4.79 Å². The number of aryl methyl sites for hydroxylation is 1. The number of anilines is 1. The van der Waals surface area contributed by atoms with E-state index in [0.717, 1.165) is 56.1 Å². The zero-order chi connectivity index (χ0) is 20.4. The van der Waals surface area contributed by atoms with Gasteiger partial charge in [-0.2, -0.15) is 0 Å². The number of aromatic nitrogens is 4. The lowest BCUT2D eigenvalue weighted by Crippen LogP contribution is -2.48. The molecule has 1 aliphatic carbocycles. The molecule has 0 N–H and O–H groups in total. The predicted molar refractivity (Wildman–Crippen MR) is 109 cm³/mol. The molecule has 2 aromatic rings. The first-order valence-electron chi connectivity index (χ1n) is 10.2. The van der Waals surface area contributed by atoms with Crippen LogP contribution in [0.4, 0.5) is 5.82 Å². The third-order valence-corrected chi connectivity index (χ3v) is 6.09. The number of fused-ring (bicyclic) bond motifs is 2. The summed E-state index contributed by atoms with van der Waals surface area (Å²) in [4.78, 5) is 34.9. The lowest BCUT2D eigenvalue weighted by molar-refractivity contribution is 0.0627. The minimum atomic E-state index is -0.101. The molecule has 29 heavy (non-hydrogen) atoms. The van der Waals surface area contributed by atoms with Gasteiger partial charge in [0.2, 0.25) is 0 Å². The summed E-state index contributed by atoms with van der Waals surface area (Å²) in [6.45, 7) is 4.80. The van der Waals surface area contributed by atoms with Gasteiger partial charge in [0.15, 0.2) is 0 Å². The Bertz CT molecular complexity index is 890. The summed E-state index contributed by atoms with van der Waals surface area (Å²) in [5.41, 5.74) is 2.65. The SMILES string of the molecule is COCCN(C)c1nc(C)nc2c1CCC21CCCN(C(=O)c2cnccn2)C1. The summed E-state index contributed by atoms with van der Waals surface area (Å²) in [6.07, 6.45) is 8.64. The van der Waals surface area contributed by atoms with Crippen molar-refractivity contribution in [3.63, 3.8) is 0 Å². The number of methoxy groups -OCH3 is 1. The largest absolute Gasteiger partial charge is 0.383 e. The van der Waals surface area contributed by atoms with Crippen LogP contribution >= 0.6 is 0 Å². The number of piperidine rings is 1. The second-order valence-corrected chi connectivity index (χ2v) is 8.04. The normalized spacial score (nSPS) is 20.7. The average molecular weight is 396 g/mol. The zero-order valence-electron chi connectivity index (χ0n) is 17.4. The molecule has 0 radical (unpaired) electrons. The van der Waals surface area contributed by atoms with E-state index in [-0.39, 0.29) is 11.3 Å². The Morgan fingerprint density at radius 3 is 2.93 bits per heavy atom. The summed E-state index contributed by atoms with van der Waals surface area (Å²) >= 11 is 0. The van der Waals surface area contributed by atoms with Gasteiger partial charge in [0.05, 0.1) is 18.5 Å². The number of carbonyl (C=O) groups excluding carboxylic acids is 1. The molecule has 2 aliphatic rings. The Labute approximate surface area is 171 Å². The Morgan fingerprint density at radius 2 is 2.17 bits per heavy atom. The van der Waals surface area contributed by atoms with Gasteiger partial charge >= 0.3 is 0 Å². The monoisotopic (exact) mass is 396 g/mol. The van der Waals surface area contributed by atoms with Crippen molar-refractivity contribution in [3.05, 3.63) is 41.4 Å². The van der Waals surface area contributed by atoms with E-state index < -0.39 is 0 Å². The maximum Gasteiger partial charge on any atom is 0.274 e. The van der Waals surface area contributed by atoms with E-state index in [0.29, 0.717) is 18.8 Å². The number of likely N-dealkylation sites (tertiary alicyclic amines) is 1. The highest BCUT2D eigenvalue weighted by Gasteiger charge is 2.46. The Kier molecular flexibility index (Phi) is 5.45. The van der Waals surface area contributed by atoms with Crippen molar-refractivity contribution >= 4 is 11.7 Å². The van der Waals surface area contributed by atoms with E-state index in [2.05, 4.69) is 21.9 Å². The van der Waals surface area contributed by atoms with Crippen molar-refractivity contribution in [2.75, 3.05) is 45.3 Å². The number of ether oxygens (including phenoxy) is 1.